The fraction of sp³-hybridized carbons (Fsp3) is 0.421. The molecule has 118 valence electrons. The minimum atomic E-state index is -0.223. The lowest BCUT2D eigenvalue weighted by Crippen LogP contribution is -2.07. The van der Waals surface area contributed by atoms with Crippen LogP contribution in [-0.4, -0.2) is 12.1 Å². The van der Waals surface area contributed by atoms with Crippen LogP contribution >= 0.6 is 0 Å². The topological polar surface area (TPSA) is 22.1 Å². The van der Waals surface area contributed by atoms with Crippen molar-refractivity contribution in [3.05, 3.63) is 53.1 Å². The number of nitrogens with zero attached hydrogens (tertiary/aromatic N) is 1. The summed E-state index contributed by atoms with van der Waals surface area (Å²) >= 11 is 0. The Morgan fingerprint density at radius 1 is 1.00 bits per heavy atom. The van der Waals surface area contributed by atoms with E-state index in [-0.39, 0.29) is 5.82 Å². The number of aromatic nitrogens is 1. The number of benzene rings is 1. The van der Waals surface area contributed by atoms with Crippen molar-refractivity contribution in [2.24, 2.45) is 0 Å². The van der Waals surface area contributed by atoms with Crippen molar-refractivity contribution in [2.75, 3.05) is 7.11 Å². The fourth-order valence-electron chi connectivity index (χ4n) is 2.66. The summed E-state index contributed by atoms with van der Waals surface area (Å²) in [5.41, 5.74) is 5.28. The number of hydrogen-bond acceptors (Lipinski definition) is 2. The number of ether oxygens (including phenoxy) is 1. The quantitative estimate of drug-likeness (QED) is 0.749. The Morgan fingerprint density at radius 3 is 2.09 bits per heavy atom. The van der Waals surface area contributed by atoms with Gasteiger partial charge in [0.2, 0.25) is 0 Å². The first-order valence-electron chi connectivity index (χ1n) is 7.72. The van der Waals surface area contributed by atoms with E-state index in [0.29, 0.717) is 18.4 Å². The Balaban J connectivity index is 2.64. The van der Waals surface area contributed by atoms with E-state index in [4.69, 9.17) is 9.72 Å². The smallest absolute Gasteiger partial charge is 0.123 e. The number of methoxy groups -OCH3 is 1. The molecule has 2 nitrogen and oxygen atoms in total. The van der Waals surface area contributed by atoms with Crippen LogP contribution in [0.15, 0.2) is 30.3 Å². The minimum absolute atomic E-state index is 0.223. The summed E-state index contributed by atoms with van der Waals surface area (Å²) in [7, 11) is 1.69. The minimum Gasteiger partial charge on any atom is -0.380 e. The Morgan fingerprint density at radius 2 is 1.59 bits per heavy atom. The van der Waals surface area contributed by atoms with Gasteiger partial charge >= 0.3 is 0 Å². The van der Waals surface area contributed by atoms with E-state index in [1.807, 2.05) is 12.1 Å². The van der Waals surface area contributed by atoms with Gasteiger partial charge in [-0.25, -0.2) is 4.39 Å². The summed E-state index contributed by atoms with van der Waals surface area (Å²) in [6.07, 6.45) is 0. The zero-order valence-electron chi connectivity index (χ0n) is 14.0. The van der Waals surface area contributed by atoms with E-state index in [2.05, 4.69) is 33.8 Å². The van der Waals surface area contributed by atoms with E-state index in [0.717, 1.165) is 28.1 Å². The van der Waals surface area contributed by atoms with Crippen molar-refractivity contribution in [1.29, 1.82) is 0 Å². The molecule has 1 heterocycles. The van der Waals surface area contributed by atoms with Crippen molar-refractivity contribution in [1.82, 2.24) is 4.98 Å². The zero-order chi connectivity index (χ0) is 16.3. The zero-order valence-corrected chi connectivity index (χ0v) is 14.0. The van der Waals surface area contributed by atoms with Gasteiger partial charge in [-0.05, 0) is 35.6 Å². The third-order valence-electron chi connectivity index (χ3n) is 3.71. The van der Waals surface area contributed by atoms with Crippen LogP contribution in [0.3, 0.4) is 0 Å². The maximum absolute atomic E-state index is 13.2. The molecule has 0 aliphatic heterocycles. The van der Waals surface area contributed by atoms with Gasteiger partial charge in [-0.15, -0.1) is 0 Å². The average Bonchev–Trinajstić information content (AvgIpc) is 2.47. The highest BCUT2D eigenvalue weighted by Gasteiger charge is 2.17. The van der Waals surface area contributed by atoms with Crippen LogP contribution in [-0.2, 0) is 11.3 Å². The van der Waals surface area contributed by atoms with Gasteiger partial charge in [0.1, 0.15) is 5.82 Å². The molecule has 0 N–H and O–H groups in total. The molecular formula is C19H24FNO. The Hall–Kier alpha value is -1.74. The van der Waals surface area contributed by atoms with Crippen molar-refractivity contribution in [3.8, 4) is 11.1 Å². The van der Waals surface area contributed by atoms with E-state index in [1.54, 1.807) is 7.11 Å². The van der Waals surface area contributed by atoms with Gasteiger partial charge in [0, 0.05) is 23.9 Å². The first-order valence-corrected chi connectivity index (χ1v) is 7.72. The monoisotopic (exact) mass is 301 g/mol. The van der Waals surface area contributed by atoms with Crippen LogP contribution in [0, 0.1) is 5.82 Å². The Kier molecular flexibility index (Phi) is 5.30. The number of hydrogen-bond donors (Lipinski definition) is 0. The Bertz CT molecular complexity index is 633. The molecule has 3 heteroatoms. The number of halogens is 1. The fourth-order valence-corrected chi connectivity index (χ4v) is 2.66. The molecule has 1 aromatic heterocycles. The summed E-state index contributed by atoms with van der Waals surface area (Å²) in [4.78, 5) is 4.92. The number of rotatable bonds is 5. The molecule has 0 aliphatic carbocycles. The van der Waals surface area contributed by atoms with Crippen LogP contribution in [0.2, 0.25) is 0 Å². The molecule has 1 aromatic carbocycles. The highest BCUT2D eigenvalue weighted by atomic mass is 19.1. The molecule has 0 saturated carbocycles. The summed E-state index contributed by atoms with van der Waals surface area (Å²) in [5.74, 6) is 0.415. The second-order valence-electron chi connectivity index (χ2n) is 6.21. The second kappa shape index (κ2) is 7.01. The van der Waals surface area contributed by atoms with Gasteiger partial charge < -0.3 is 4.74 Å². The molecular weight excluding hydrogens is 277 g/mol. The average molecular weight is 301 g/mol. The third-order valence-corrected chi connectivity index (χ3v) is 3.71. The SMILES string of the molecule is COCc1cc(-c2ccc(F)cc2)c(C(C)C)nc1C(C)C. The molecule has 0 fully saturated rings. The van der Waals surface area contributed by atoms with Crippen LogP contribution in [0.4, 0.5) is 4.39 Å². The van der Waals surface area contributed by atoms with E-state index >= 15 is 0 Å². The first-order chi connectivity index (χ1) is 10.4. The van der Waals surface area contributed by atoms with Crippen LogP contribution in [0.1, 0.15) is 56.5 Å². The molecule has 0 aliphatic rings. The van der Waals surface area contributed by atoms with Crippen molar-refractivity contribution >= 4 is 0 Å². The second-order valence-corrected chi connectivity index (χ2v) is 6.21. The van der Waals surface area contributed by atoms with Crippen LogP contribution in [0.5, 0.6) is 0 Å². The largest absolute Gasteiger partial charge is 0.380 e. The maximum atomic E-state index is 13.2. The lowest BCUT2D eigenvalue weighted by atomic mass is 9.93. The van der Waals surface area contributed by atoms with E-state index in [1.165, 1.54) is 12.1 Å². The highest BCUT2D eigenvalue weighted by molar-refractivity contribution is 5.67. The van der Waals surface area contributed by atoms with Crippen LogP contribution in [0.25, 0.3) is 11.1 Å². The van der Waals surface area contributed by atoms with Gasteiger partial charge in [0.05, 0.1) is 12.3 Å². The van der Waals surface area contributed by atoms with Gasteiger partial charge in [0.15, 0.2) is 0 Å². The molecule has 0 spiro atoms. The Labute approximate surface area is 132 Å². The number of pyridine rings is 1. The molecule has 0 bridgehead atoms. The predicted octanol–water partition coefficient (Wildman–Crippen LogP) is 5.28. The van der Waals surface area contributed by atoms with Gasteiger partial charge in [-0.3, -0.25) is 4.98 Å². The molecule has 0 amide bonds. The lowest BCUT2D eigenvalue weighted by Gasteiger charge is -2.19. The highest BCUT2D eigenvalue weighted by Crippen LogP contribution is 2.32. The lowest BCUT2D eigenvalue weighted by molar-refractivity contribution is 0.183. The molecule has 2 rings (SSSR count). The first kappa shape index (κ1) is 16.6. The molecule has 0 saturated heterocycles. The van der Waals surface area contributed by atoms with Gasteiger partial charge in [-0.2, -0.15) is 0 Å². The molecule has 2 aromatic rings. The van der Waals surface area contributed by atoms with E-state index < -0.39 is 0 Å². The van der Waals surface area contributed by atoms with Gasteiger partial charge in [-0.1, -0.05) is 39.8 Å². The standard InChI is InChI=1S/C19H24FNO/c1-12(2)18-15(11-22-5)10-17(19(21-18)13(3)4)14-6-8-16(20)9-7-14/h6-10,12-13H,11H2,1-5H3. The van der Waals surface area contributed by atoms with Crippen molar-refractivity contribution in [2.45, 2.75) is 46.1 Å². The van der Waals surface area contributed by atoms with Crippen molar-refractivity contribution < 1.29 is 9.13 Å². The summed E-state index contributed by atoms with van der Waals surface area (Å²) < 4.78 is 18.5. The summed E-state index contributed by atoms with van der Waals surface area (Å²) in [6, 6.07) is 8.75. The van der Waals surface area contributed by atoms with Crippen LogP contribution < -0.4 is 0 Å². The third kappa shape index (κ3) is 3.53. The van der Waals surface area contributed by atoms with Gasteiger partial charge in [0.25, 0.3) is 0 Å². The molecule has 0 unspecified atom stereocenters. The molecule has 22 heavy (non-hydrogen) atoms. The maximum Gasteiger partial charge on any atom is 0.123 e. The molecule has 0 atom stereocenters. The predicted molar refractivity (Wildman–Crippen MR) is 88.5 cm³/mol. The van der Waals surface area contributed by atoms with E-state index in [9.17, 15) is 4.39 Å². The van der Waals surface area contributed by atoms with Crippen molar-refractivity contribution in [3.63, 3.8) is 0 Å². The normalized spacial score (nSPS) is 11.5. The summed E-state index contributed by atoms with van der Waals surface area (Å²) in [6.45, 7) is 9.09. The summed E-state index contributed by atoms with van der Waals surface area (Å²) in [5, 5.41) is 0. The molecule has 0 radical (unpaired) electrons.